The molecule has 0 amide bonds. The molecular formula is C10H18Rh. The number of allylic oxidation sites excluding steroid dienone is 4. The molecule has 0 nitrogen and oxygen atoms in total. The minimum atomic E-state index is 0. The molecule has 0 fully saturated rings. The molecule has 0 aromatic rings. The molecule has 0 aromatic heterocycles. The van der Waals surface area contributed by atoms with Crippen molar-refractivity contribution in [2.75, 3.05) is 0 Å². The summed E-state index contributed by atoms with van der Waals surface area (Å²) >= 11 is 0. The van der Waals surface area contributed by atoms with Gasteiger partial charge in [-0.2, -0.15) is 0 Å². The number of rotatable bonds is 0. The van der Waals surface area contributed by atoms with Gasteiger partial charge in [-0.1, -0.05) is 38.2 Å². The molecule has 0 heterocycles. The van der Waals surface area contributed by atoms with Gasteiger partial charge in [0.15, 0.2) is 0 Å². The van der Waals surface area contributed by atoms with Crippen molar-refractivity contribution in [1.82, 2.24) is 0 Å². The summed E-state index contributed by atoms with van der Waals surface area (Å²) in [6.07, 6.45) is 14.0. The van der Waals surface area contributed by atoms with E-state index in [4.69, 9.17) is 0 Å². The van der Waals surface area contributed by atoms with Crippen molar-refractivity contribution in [3.8, 4) is 0 Å². The van der Waals surface area contributed by atoms with Crippen LogP contribution in [-0.4, -0.2) is 0 Å². The van der Waals surface area contributed by atoms with Gasteiger partial charge in [-0.05, 0) is 25.7 Å². The quantitative estimate of drug-likeness (QED) is 0.567. The molecule has 0 aliphatic heterocycles. The van der Waals surface area contributed by atoms with Gasteiger partial charge in [0, 0.05) is 19.5 Å². The van der Waals surface area contributed by atoms with Crippen LogP contribution >= 0.6 is 0 Å². The molecule has 0 aromatic carbocycles. The largest absolute Gasteiger partial charge is 0.0845 e. The predicted octanol–water partition coefficient (Wildman–Crippen LogP) is 3.70. The Labute approximate surface area is 83.5 Å². The maximum absolute atomic E-state index is 2.23. The first-order valence-electron chi connectivity index (χ1n) is 4.32. The minimum absolute atomic E-state index is 0. The fraction of sp³-hybridized carbons (Fsp3) is 0.600. The van der Waals surface area contributed by atoms with E-state index in [1.165, 1.54) is 25.7 Å². The van der Waals surface area contributed by atoms with Gasteiger partial charge in [0.05, 0.1) is 0 Å². The van der Waals surface area contributed by atoms with Gasteiger partial charge in [-0.25, -0.2) is 0 Å². The zero-order valence-electron chi connectivity index (χ0n) is 7.47. The molecule has 1 aliphatic rings. The van der Waals surface area contributed by atoms with Gasteiger partial charge in [-0.15, -0.1) is 0 Å². The second-order valence-corrected chi connectivity index (χ2v) is 2.14. The number of hydrogen-bond donors (Lipinski definition) is 0. The topological polar surface area (TPSA) is 0 Å². The molecule has 0 atom stereocenters. The van der Waals surface area contributed by atoms with Crippen molar-refractivity contribution >= 4 is 0 Å². The summed E-state index contributed by atoms with van der Waals surface area (Å²) in [6.45, 7) is 4.00. The maximum Gasteiger partial charge on any atom is 0 e. The van der Waals surface area contributed by atoms with E-state index >= 15 is 0 Å². The van der Waals surface area contributed by atoms with Gasteiger partial charge < -0.3 is 0 Å². The van der Waals surface area contributed by atoms with Crippen LogP contribution in [-0.2, 0) is 19.5 Å². The van der Waals surface area contributed by atoms with Crippen LogP contribution in [0.3, 0.4) is 0 Å². The Hall–Kier alpha value is 0.103. The van der Waals surface area contributed by atoms with Crippen LogP contribution in [0.25, 0.3) is 0 Å². The Morgan fingerprint density at radius 3 is 1.55 bits per heavy atom. The van der Waals surface area contributed by atoms with Crippen molar-refractivity contribution in [3.63, 3.8) is 0 Å². The van der Waals surface area contributed by atoms with E-state index in [2.05, 4.69) is 24.3 Å². The Bertz CT molecular complexity index is 89.4. The molecule has 0 saturated carbocycles. The Kier molecular flexibility index (Phi) is 15.9. The van der Waals surface area contributed by atoms with E-state index in [1.54, 1.807) is 0 Å². The Morgan fingerprint density at radius 2 is 1.18 bits per heavy atom. The SMILES string of the molecule is C1=CCCCCC=C1.CC.[Rh]. The zero-order valence-corrected chi connectivity index (χ0v) is 9.11. The van der Waals surface area contributed by atoms with Gasteiger partial charge in [-0.3, -0.25) is 0 Å². The van der Waals surface area contributed by atoms with Crippen LogP contribution in [0.5, 0.6) is 0 Å². The van der Waals surface area contributed by atoms with Crippen LogP contribution in [0, 0.1) is 0 Å². The average Bonchev–Trinajstić information content (AvgIpc) is 1.90. The van der Waals surface area contributed by atoms with Crippen molar-refractivity contribution in [2.45, 2.75) is 39.5 Å². The molecule has 0 bridgehead atoms. The van der Waals surface area contributed by atoms with Crippen LogP contribution < -0.4 is 0 Å². The van der Waals surface area contributed by atoms with Crippen molar-refractivity contribution in [1.29, 1.82) is 0 Å². The maximum atomic E-state index is 2.23. The second-order valence-electron chi connectivity index (χ2n) is 2.14. The van der Waals surface area contributed by atoms with E-state index < -0.39 is 0 Å². The second kappa shape index (κ2) is 12.8. The van der Waals surface area contributed by atoms with E-state index in [9.17, 15) is 0 Å². The molecular weight excluding hydrogens is 223 g/mol. The smallest absolute Gasteiger partial charge is 0 e. The summed E-state index contributed by atoms with van der Waals surface area (Å²) < 4.78 is 0. The molecule has 0 unspecified atom stereocenters. The van der Waals surface area contributed by atoms with Crippen LogP contribution in [0.4, 0.5) is 0 Å². The van der Waals surface area contributed by atoms with Gasteiger partial charge in [0.2, 0.25) is 0 Å². The molecule has 1 heteroatoms. The summed E-state index contributed by atoms with van der Waals surface area (Å²) in [6, 6.07) is 0. The first-order chi connectivity index (χ1) is 5.00. The Balaban J connectivity index is 0. The van der Waals surface area contributed by atoms with E-state index in [1.807, 2.05) is 13.8 Å². The van der Waals surface area contributed by atoms with Crippen molar-refractivity contribution < 1.29 is 19.5 Å². The van der Waals surface area contributed by atoms with E-state index in [0.29, 0.717) is 0 Å². The van der Waals surface area contributed by atoms with Crippen LogP contribution in [0.15, 0.2) is 24.3 Å². The third-order valence-corrected chi connectivity index (χ3v) is 1.37. The molecule has 0 spiro atoms. The molecule has 0 saturated heterocycles. The monoisotopic (exact) mass is 241 g/mol. The average molecular weight is 241 g/mol. The summed E-state index contributed by atoms with van der Waals surface area (Å²) in [7, 11) is 0. The first kappa shape index (κ1) is 13.7. The Morgan fingerprint density at radius 1 is 0.818 bits per heavy atom. The van der Waals surface area contributed by atoms with Gasteiger partial charge >= 0.3 is 0 Å². The van der Waals surface area contributed by atoms with Crippen molar-refractivity contribution in [2.24, 2.45) is 0 Å². The van der Waals surface area contributed by atoms with Gasteiger partial charge in [0.25, 0.3) is 0 Å². The summed E-state index contributed by atoms with van der Waals surface area (Å²) in [5.74, 6) is 0. The molecule has 1 aliphatic carbocycles. The molecule has 1 radical (unpaired) electrons. The summed E-state index contributed by atoms with van der Waals surface area (Å²) in [5.41, 5.74) is 0. The fourth-order valence-corrected chi connectivity index (χ4v) is 0.874. The molecule has 11 heavy (non-hydrogen) atoms. The van der Waals surface area contributed by atoms with Crippen LogP contribution in [0.1, 0.15) is 39.5 Å². The molecule has 67 valence electrons. The molecule has 1 rings (SSSR count). The third kappa shape index (κ3) is 10.1. The first-order valence-corrected chi connectivity index (χ1v) is 4.32. The van der Waals surface area contributed by atoms with Gasteiger partial charge in [0.1, 0.15) is 0 Å². The van der Waals surface area contributed by atoms with E-state index in [0.717, 1.165) is 0 Å². The van der Waals surface area contributed by atoms with E-state index in [-0.39, 0.29) is 19.5 Å². The predicted molar refractivity (Wildman–Crippen MR) is 48.1 cm³/mol. The number of hydrogen-bond acceptors (Lipinski definition) is 0. The molecule has 0 N–H and O–H groups in total. The van der Waals surface area contributed by atoms with Crippen LogP contribution in [0.2, 0.25) is 0 Å². The third-order valence-electron chi connectivity index (χ3n) is 1.37. The zero-order chi connectivity index (χ0) is 7.66. The fourth-order valence-electron chi connectivity index (χ4n) is 0.874. The summed E-state index contributed by atoms with van der Waals surface area (Å²) in [4.78, 5) is 0. The summed E-state index contributed by atoms with van der Waals surface area (Å²) in [5, 5.41) is 0. The normalized spacial score (nSPS) is 15.1. The minimum Gasteiger partial charge on any atom is -0.0845 e. The van der Waals surface area contributed by atoms with Crippen molar-refractivity contribution in [3.05, 3.63) is 24.3 Å². The standard InChI is InChI=1S/C8H12.C2H6.Rh/c1-2-4-6-8-7-5-3-1;1-2;/h1-4H,5-8H2;1-2H3;.